The van der Waals surface area contributed by atoms with Crippen molar-refractivity contribution in [3.63, 3.8) is 0 Å². The van der Waals surface area contributed by atoms with Crippen molar-refractivity contribution in [2.24, 2.45) is 17.3 Å². The molecule has 1 N–H and O–H groups in total. The lowest BCUT2D eigenvalue weighted by Crippen LogP contribution is -2.62. The quantitative estimate of drug-likeness (QED) is 0.414. The molecule has 5 unspecified atom stereocenters. The minimum atomic E-state index is -3.10. The molecule has 0 heterocycles. The molecule has 8 heteroatoms. The molecule has 7 nitrogen and oxygen atoms in total. The minimum absolute atomic E-state index is 0.0341. The summed E-state index contributed by atoms with van der Waals surface area (Å²) in [6.45, 7) is 12.2. The van der Waals surface area contributed by atoms with E-state index < -0.39 is 39.5 Å². The van der Waals surface area contributed by atoms with E-state index in [0.29, 0.717) is 0 Å². The first-order chi connectivity index (χ1) is 11.4. The highest BCUT2D eigenvalue weighted by molar-refractivity contribution is 7.67. The Labute approximate surface area is 150 Å². The largest absolute Gasteiger partial charge is 0.454 e. The number of thiol groups is 1. The summed E-state index contributed by atoms with van der Waals surface area (Å²) in [5, 5.41) is 2.44. The van der Waals surface area contributed by atoms with E-state index in [1.807, 2.05) is 13.8 Å². The van der Waals surface area contributed by atoms with Gasteiger partial charge in [0, 0.05) is 11.0 Å². The molecule has 0 radical (unpaired) electrons. The van der Waals surface area contributed by atoms with Crippen molar-refractivity contribution in [1.29, 1.82) is 0 Å². The van der Waals surface area contributed by atoms with E-state index >= 15 is 0 Å². The molecule has 0 aliphatic heterocycles. The highest BCUT2D eigenvalue weighted by Crippen LogP contribution is 2.69. The molecule has 5 atom stereocenters. The summed E-state index contributed by atoms with van der Waals surface area (Å²) in [5.74, 6) is -0.964. The fourth-order valence-electron chi connectivity index (χ4n) is 4.82. The zero-order valence-electron chi connectivity index (χ0n) is 15.4. The standard InChI is InChI=1S/C17H27NO6S/c1-10(2)14(20)18-9-13(19)23-17(6)15(4)8-7-12(11(15)3)16(17,5)24-25(21)22/h11-12,25H,1,7-9H2,2-6H3,(H,18,20). The predicted molar refractivity (Wildman–Crippen MR) is 92.1 cm³/mol. The van der Waals surface area contributed by atoms with Crippen molar-refractivity contribution in [3.05, 3.63) is 12.2 Å². The Balaban J connectivity index is 2.27. The maximum absolute atomic E-state index is 12.4. The molecule has 0 aromatic heterocycles. The molecule has 2 aliphatic carbocycles. The maximum Gasteiger partial charge on any atom is 0.326 e. The van der Waals surface area contributed by atoms with Gasteiger partial charge in [0.25, 0.3) is 11.0 Å². The molecule has 2 aliphatic rings. The van der Waals surface area contributed by atoms with Crippen LogP contribution in [0, 0.1) is 17.3 Å². The maximum atomic E-state index is 12.4. The Morgan fingerprint density at radius 2 is 1.88 bits per heavy atom. The summed E-state index contributed by atoms with van der Waals surface area (Å²) in [4.78, 5) is 23.9. The van der Waals surface area contributed by atoms with Gasteiger partial charge in [-0.1, -0.05) is 20.4 Å². The lowest BCUT2D eigenvalue weighted by atomic mass is 9.66. The Kier molecular flexibility index (Phi) is 5.09. The number of fused-ring (bicyclic) bond motifs is 2. The second-order valence-electron chi connectivity index (χ2n) is 7.74. The number of amides is 1. The van der Waals surface area contributed by atoms with Crippen molar-refractivity contribution in [2.75, 3.05) is 6.54 Å². The molecule has 0 saturated heterocycles. The van der Waals surface area contributed by atoms with E-state index in [1.54, 1.807) is 13.8 Å². The molecule has 2 bridgehead atoms. The number of carbonyl (C=O) groups is 2. The third-order valence-electron chi connectivity index (χ3n) is 6.69. The van der Waals surface area contributed by atoms with Crippen LogP contribution in [0.2, 0.25) is 0 Å². The Hall–Kier alpha value is -1.41. The molecule has 2 saturated carbocycles. The van der Waals surface area contributed by atoms with Gasteiger partial charge in [-0.25, -0.2) is 8.42 Å². The number of hydrogen-bond acceptors (Lipinski definition) is 6. The van der Waals surface area contributed by atoms with Crippen molar-refractivity contribution in [1.82, 2.24) is 5.32 Å². The van der Waals surface area contributed by atoms with Gasteiger partial charge < -0.3 is 10.1 Å². The van der Waals surface area contributed by atoms with Crippen LogP contribution < -0.4 is 5.32 Å². The van der Waals surface area contributed by atoms with Gasteiger partial charge in [-0.15, -0.1) is 0 Å². The van der Waals surface area contributed by atoms with Crippen molar-refractivity contribution in [3.8, 4) is 0 Å². The second-order valence-corrected chi connectivity index (χ2v) is 8.37. The Bertz CT molecular complexity index is 681. The van der Waals surface area contributed by atoms with E-state index in [4.69, 9.17) is 8.92 Å². The first kappa shape index (κ1) is 19.9. The molecule has 0 aromatic carbocycles. The van der Waals surface area contributed by atoms with Gasteiger partial charge in [0.15, 0.2) is 0 Å². The van der Waals surface area contributed by atoms with Crippen LogP contribution in [0.5, 0.6) is 0 Å². The molecule has 2 fully saturated rings. The highest BCUT2D eigenvalue weighted by Gasteiger charge is 2.75. The summed E-state index contributed by atoms with van der Waals surface area (Å²) in [6, 6.07) is 0. The molecular weight excluding hydrogens is 346 g/mol. The Morgan fingerprint density at radius 1 is 1.28 bits per heavy atom. The van der Waals surface area contributed by atoms with Crippen LogP contribution in [-0.2, 0) is 29.5 Å². The van der Waals surface area contributed by atoms with Crippen molar-refractivity contribution >= 4 is 22.9 Å². The molecular formula is C17H27NO6S. The van der Waals surface area contributed by atoms with Gasteiger partial charge in [0.1, 0.15) is 17.7 Å². The monoisotopic (exact) mass is 373 g/mol. The molecule has 25 heavy (non-hydrogen) atoms. The zero-order valence-corrected chi connectivity index (χ0v) is 16.3. The van der Waals surface area contributed by atoms with Crippen LogP contribution >= 0.6 is 0 Å². The molecule has 2 rings (SSSR count). The van der Waals surface area contributed by atoms with Gasteiger partial charge in [0.05, 0.1) is 0 Å². The number of carbonyl (C=O) groups excluding carboxylic acids is 2. The van der Waals surface area contributed by atoms with Crippen LogP contribution in [0.25, 0.3) is 0 Å². The number of rotatable bonds is 6. The van der Waals surface area contributed by atoms with Crippen LogP contribution in [0.4, 0.5) is 0 Å². The highest BCUT2D eigenvalue weighted by atomic mass is 32.2. The first-order valence-corrected chi connectivity index (χ1v) is 9.47. The second kappa shape index (κ2) is 6.39. The third kappa shape index (κ3) is 2.89. The smallest absolute Gasteiger partial charge is 0.326 e. The SMILES string of the molecule is C=C(C)C(=O)NCC(=O)OC1(C)C2(C)CCC(C2C)C1(C)O[SH](=O)=O. The van der Waals surface area contributed by atoms with Gasteiger partial charge >= 0.3 is 5.97 Å². The van der Waals surface area contributed by atoms with Crippen LogP contribution in [0.3, 0.4) is 0 Å². The van der Waals surface area contributed by atoms with E-state index in [-0.39, 0.29) is 24.0 Å². The van der Waals surface area contributed by atoms with Crippen LogP contribution in [0.1, 0.15) is 47.5 Å². The third-order valence-corrected chi connectivity index (χ3v) is 7.22. The number of ether oxygens (including phenoxy) is 1. The molecule has 1 amide bonds. The van der Waals surface area contributed by atoms with E-state index in [9.17, 15) is 18.0 Å². The van der Waals surface area contributed by atoms with Gasteiger partial charge in [-0.05, 0) is 45.4 Å². The average molecular weight is 373 g/mol. The van der Waals surface area contributed by atoms with E-state index in [0.717, 1.165) is 12.8 Å². The molecule has 0 aromatic rings. The summed E-state index contributed by atoms with van der Waals surface area (Å²) in [7, 11) is -3.10. The number of nitrogens with one attached hydrogen (secondary N) is 1. The summed E-state index contributed by atoms with van der Waals surface area (Å²) in [5.41, 5.74) is -2.38. The summed E-state index contributed by atoms with van der Waals surface area (Å²) >= 11 is 0. The molecule has 142 valence electrons. The molecule has 0 spiro atoms. The number of esters is 1. The van der Waals surface area contributed by atoms with Crippen LogP contribution in [0.15, 0.2) is 12.2 Å². The lowest BCUT2D eigenvalue weighted by Gasteiger charge is -2.50. The van der Waals surface area contributed by atoms with Crippen LogP contribution in [-0.4, -0.2) is 38.0 Å². The Morgan fingerprint density at radius 3 is 2.40 bits per heavy atom. The number of hydrogen-bond donors (Lipinski definition) is 2. The summed E-state index contributed by atoms with van der Waals surface area (Å²) < 4.78 is 33.7. The topological polar surface area (TPSA) is 98.8 Å². The van der Waals surface area contributed by atoms with Gasteiger partial charge in [-0.3, -0.25) is 13.8 Å². The summed E-state index contributed by atoms with van der Waals surface area (Å²) in [6.07, 6.45) is 1.63. The van der Waals surface area contributed by atoms with Crippen molar-refractivity contribution in [2.45, 2.75) is 58.7 Å². The van der Waals surface area contributed by atoms with Gasteiger partial charge in [0.2, 0.25) is 5.91 Å². The normalized spacial score (nSPS) is 39.4. The fraction of sp³-hybridized carbons (Fsp3) is 0.765. The first-order valence-electron chi connectivity index (χ1n) is 8.38. The van der Waals surface area contributed by atoms with Gasteiger partial charge in [-0.2, -0.15) is 0 Å². The lowest BCUT2D eigenvalue weighted by molar-refractivity contribution is -0.208. The zero-order chi connectivity index (χ0) is 19.2. The average Bonchev–Trinajstić information content (AvgIpc) is 2.84. The minimum Gasteiger partial charge on any atom is -0.454 e. The predicted octanol–water partition coefficient (Wildman–Crippen LogP) is 1.35. The van der Waals surface area contributed by atoms with E-state index in [1.165, 1.54) is 6.92 Å². The fourth-order valence-corrected chi connectivity index (χ4v) is 5.44. The van der Waals surface area contributed by atoms with Crippen molar-refractivity contribution < 1.29 is 26.9 Å². The van der Waals surface area contributed by atoms with E-state index in [2.05, 4.69) is 11.9 Å².